The monoisotopic (exact) mass is 290 g/mol. The van der Waals surface area contributed by atoms with Crippen molar-refractivity contribution < 1.29 is 4.58 Å². The fraction of sp³-hybridized carbons (Fsp3) is 0.381. The summed E-state index contributed by atoms with van der Waals surface area (Å²) in [7, 11) is 0. The predicted octanol–water partition coefficient (Wildman–Crippen LogP) is 5.42. The van der Waals surface area contributed by atoms with Gasteiger partial charge in [-0.15, -0.1) is 0 Å². The smallest absolute Gasteiger partial charge is 0.197 e. The van der Waals surface area contributed by atoms with E-state index in [9.17, 15) is 0 Å². The zero-order chi connectivity index (χ0) is 15.2. The molecule has 0 N–H and O–H groups in total. The summed E-state index contributed by atoms with van der Waals surface area (Å²) in [5.41, 5.74) is 4.63. The molecule has 1 nitrogen and oxygen atoms in total. The van der Waals surface area contributed by atoms with Gasteiger partial charge in [0.1, 0.15) is 0 Å². The van der Waals surface area contributed by atoms with Crippen molar-refractivity contribution in [3.05, 3.63) is 54.6 Å². The summed E-state index contributed by atoms with van der Waals surface area (Å²) < 4.78 is 2.56. The van der Waals surface area contributed by atoms with E-state index in [1.165, 1.54) is 42.5 Å². The minimum atomic E-state index is 0.299. The molecule has 0 aromatic heterocycles. The lowest BCUT2D eigenvalue weighted by Crippen LogP contribution is -2.51. The number of hydrogen-bond donors (Lipinski definition) is 0. The molecule has 2 aliphatic heterocycles. The Bertz CT molecular complexity index is 719. The van der Waals surface area contributed by atoms with Gasteiger partial charge in [0, 0.05) is 37.3 Å². The van der Waals surface area contributed by atoms with E-state index in [1.807, 2.05) is 0 Å². The maximum Gasteiger partial charge on any atom is 0.205 e. The van der Waals surface area contributed by atoms with Crippen molar-refractivity contribution in [2.75, 3.05) is 0 Å². The Labute approximate surface area is 133 Å². The zero-order valence-corrected chi connectivity index (χ0v) is 13.5. The van der Waals surface area contributed by atoms with Crippen LogP contribution in [0.15, 0.2) is 54.6 Å². The Kier molecular flexibility index (Phi) is 3.00. The van der Waals surface area contributed by atoms with Crippen molar-refractivity contribution in [3.63, 3.8) is 0 Å². The molecule has 0 saturated heterocycles. The highest BCUT2D eigenvalue weighted by molar-refractivity contribution is 5.68. The standard InChI is InChI=1S/C21H24N/c1-20-11-13-21(2,14-12-20)22(16-20)19-10-6-9-18(15-19)17-7-4-3-5-8-17/h3-10,15-16H,11-14H2,1-2H3/q+1. The number of nitrogens with zero attached hydrogens (tertiary/aromatic N) is 1. The average molecular weight is 290 g/mol. The van der Waals surface area contributed by atoms with E-state index in [-0.39, 0.29) is 0 Å². The van der Waals surface area contributed by atoms with Crippen molar-refractivity contribution in [1.29, 1.82) is 0 Å². The predicted molar refractivity (Wildman–Crippen MR) is 92.8 cm³/mol. The van der Waals surface area contributed by atoms with E-state index in [0.29, 0.717) is 11.0 Å². The van der Waals surface area contributed by atoms with Crippen molar-refractivity contribution in [2.24, 2.45) is 5.41 Å². The molecule has 0 unspecified atom stereocenters. The van der Waals surface area contributed by atoms with Gasteiger partial charge < -0.3 is 0 Å². The van der Waals surface area contributed by atoms with E-state index in [2.05, 4.69) is 79.2 Å². The molecule has 3 aliphatic rings. The van der Waals surface area contributed by atoms with Crippen LogP contribution in [0.1, 0.15) is 39.5 Å². The molecule has 0 atom stereocenters. The second-order valence-electron chi connectivity index (χ2n) is 7.57. The highest BCUT2D eigenvalue weighted by atomic mass is 15.1. The summed E-state index contributed by atoms with van der Waals surface area (Å²) in [6, 6.07) is 19.7. The third kappa shape index (κ3) is 2.20. The normalized spacial score (nSPS) is 30.2. The van der Waals surface area contributed by atoms with Gasteiger partial charge in [-0.2, -0.15) is 4.58 Å². The summed E-state index contributed by atoms with van der Waals surface area (Å²) in [6.45, 7) is 4.84. The molecule has 112 valence electrons. The van der Waals surface area contributed by atoms with Crippen molar-refractivity contribution in [2.45, 2.75) is 45.1 Å². The van der Waals surface area contributed by atoms with Crippen LogP contribution in [0.25, 0.3) is 11.1 Å². The van der Waals surface area contributed by atoms with Gasteiger partial charge in [0.05, 0.1) is 0 Å². The molecule has 2 bridgehead atoms. The van der Waals surface area contributed by atoms with Gasteiger partial charge in [-0.25, -0.2) is 0 Å². The fourth-order valence-corrected chi connectivity index (χ4v) is 4.05. The molecule has 0 amide bonds. The van der Waals surface area contributed by atoms with Crippen LogP contribution >= 0.6 is 0 Å². The van der Waals surface area contributed by atoms with Gasteiger partial charge in [0.25, 0.3) is 0 Å². The molecule has 2 aromatic rings. The lowest BCUT2D eigenvalue weighted by atomic mass is 9.66. The largest absolute Gasteiger partial charge is 0.205 e. The van der Waals surface area contributed by atoms with E-state index in [4.69, 9.17) is 0 Å². The molecule has 0 radical (unpaired) electrons. The second-order valence-corrected chi connectivity index (χ2v) is 7.57. The molecule has 2 heterocycles. The summed E-state index contributed by atoms with van der Waals surface area (Å²) in [4.78, 5) is 0. The number of rotatable bonds is 2. The first-order valence-electron chi connectivity index (χ1n) is 8.39. The molecule has 0 spiro atoms. The molecular weight excluding hydrogens is 266 g/mol. The molecule has 2 aromatic carbocycles. The maximum absolute atomic E-state index is 2.56. The lowest BCUT2D eigenvalue weighted by Gasteiger charge is -2.43. The van der Waals surface area contributed by atoms with Gasteiger partial charge in [0.2, 0.25) is 5.69 Å². The molecular formula is C21H24N+. The second kappa shape index (κ2) is 4.81. The van der Waals surface area contributed by atoms with E-state index in [1.54, 1.807) is 0 Å². The Hall–Kier alpha value is -1.89. The molecule has 1 fully saturated rings. The van der Waals surface area contributed by atoms with E-state index < -0.39 is 0 Å². The lowest BCUT2D eigenvalue weighted by molar-refractivity contribution is -0.547. The van der Waals surface area contributed by atoms with Crippen LogP contribution < -0.4 is 0 Å². The minimum Gasteiger partial charge on any atom is -0.197 e. The van der Waals surface area contributed by atoms with E-state index >= 15 is 0 Å². The van der Waals surface area contributed by atoms with Gasteiger partial charge in [0.15, 0.2) is 11.8 Å². The Balaban J connectivity index is 1.80. The fourth-order valence-electron chi connectivity index (χ4n) is 4.05. The van der Waals surface area contributed by atoms with Gasteiger partial charge >= 0.3 is 0 Å². The first kappa shape index (κ1) is 13.8. The minimum absolute atomic E-state index is 0.299. The first-order valence-corrected chi connectivity index (χ1v) is 8.39. The Morgan fingerprint density at radius 3 is 2.18 bits per heavy atom. The third-order valence-corrected chi connectivity index (χ3v) is 5.72. The first-order chi connectivity index (χ1) is 10.6. The number of fused-ring (bicyclic) bond motifs is 2. The van der Waals surface area contributed by atoms with Gasteiger partial charge in [-0.05, 0) is 24.0 Å². The third-order valence-electron chi connectivity index (χ3n) is 5.72. The van der Waals surface area contributed by atoms with Crippen LogP contribution in [0.3, 0.4) is 0 Å². The molecule has 22 heavy (non-hydrogen) atoms. The highest BCUT2D eigenvalue weighted by Gasteiger charge is 2.51. The van der Waals surface area contributed by atoms with Gasteiger partial charge in [-0.3, -0.25) is 0 Å². The summed E-state index contributed by atoms with van der Waals surface area (Å²) in [5, 5.41) is 0. The number of benzene rings is 2. The van der Waals surface area contributed by atoms with Crippen LogP contribution in [-0.4, -0.2) is 16.3 Å². The highest BCUT2D eigenvalue weighted by Crippen LogP contribution is 2.47. The molecule has 1 saturated carbocycles. The van der Waals surface area contributed by atoms with Gasteiger partial charge in [-0.1, -0.05) is 49.4 Å². The van der Waals surface area contributed by atoms with Crippen molar-refractivity contribution in [1.82, 2.24) is 0 Å². The average Bonchev–Trinajstić information content (AvgIpc) is 2.57. The van der Waals surface area contributed by atoms with Crippen molar-refractivity contribution in [3.8, 4) is 11.1 Å². The van der Waals surface area contributed by atoms with Crippen LogP contribution in [-0.2, 0) is 0 Å². The van der Waals surface area contributed by atoms with Crippen LogP contribution in [0.4, 0.5) is 5.69 Å². The van der Waals surface area contributed by atoms with Crippen LogP contribution in [0.2, 0.25) is 0 Å². The topological polar surface area (TPSA) is 3.01 Å². The Morgan fingerprint density at radius 1 is 0.773 bits per heavy atom. The quantitative estimate of drug-likeness (QED) is 0.650. The number of hydrogen-bond acceptors (Lipinski definition) is 0. The van der Waals surface area contributed by atoms with Crippen molar-refractivity contribution >= 4 is 11.9 Å². The molecule has 5 rings (SSSR count). The zero-order valence-electron chi connectivity index (χ0n) is 13.5. The molecule has 1 aliphatic carbocycles. The van der Waals surface area contributed by atoms with E-state index in [0.717, 1.165) is 0 Å². The summed E-state index contributed by atoms with van der Waals surface area (Å²) in [5.74, 6) is 0. The SMILES string of the molecule is CC12C=[N+](c3cccc(-c4ccccc4)c3)C(C)(CC1)CC2. The summed E-state index contributed by atoms with van der Waals surface area (Å²) in [6.07, 6.45) is 7.77. The van der Waals surface area contributed by atoms with Crippen LogP contribution in [0, 0.1) is 5.41 Å². The Morgan fingerprint density at radius 2 is 1.45 bits per heavy atom. The molecule has 1 heteroatoms. The summed E-state index contributed by atoms with van der Waals surface area (Å²) >= 11 is 0. The van der Waals surface area contributed by atoms with Crippen LogP contribution in [0.5, 0.6) is 0 Å². The maximum atomic E-state index is 2.56.